The highest BCUT2D eigenvalue weighted by atomic mass is 127. The summed E-state index contributed by atoms with van der Waals surface area (Å²) in [4.78, 5) is 6.85. The van der Waals surface area contributed by atoms with Gasteiger partial charge in [-0.3, -0.25) is 4.90 Å². The molecule has 0 aliphatic carbocycles. The Morgan fingerprint density at radius 1 is 1.15 bits per heavy atom. The van der Waals surface area contributed by atoms with E-state index in [4.69, 9.17) is 15.2 Å². The number of rotatable bonds is 6. The molecular formula is C20H27IN4O2. The molecule has 1 heterocycles. The van der Waals surface area contributed by atoms with Crippen LogP contribution in [0.3, 0.4) is 0 Å². The maximum atomic E-state index is 6.00. The van der Waals surface area contributed by atoms with Crippen LogP contribution in [0.1, 0.15) is 11.1 Å². The second-order valence-electron chi connectivity index (χ2n) is 6.26. The number of nitrogens with zero attached hydrogens (tertiary/aromatic N) is 2. The summed E-state index contributed by atoms with van der Waals surface area (Å²) in [6.07, 6.45) is 0. The van der Waals surface area contributed by atoms with Crippen molar-refractivity contribution in [2.24, 2.45) is 10.7 Å². The lowest BCUT2D eigenvalue weighted by atomic mass is 10.1. The van der Waals surface area contributed by atoms with Crippen LogP contribution in [0.15, 0.2) is 53.5 Å². The average Bonchev–Trinajstić information content (AvgIpc) is 2.68. The maximum Gasteiger partial charge on any atom is 0.193 e. The van der Waals surface area contributed by atoms with Crippen LogP contribution in [0.5, 0.6) is 5.75 Å². The Kier molecular flexibility index (Phi) is 8.83. The minimum atomic E-state index is 0. The van der Waals surface area contributed by atoms with Gasteiger partial charge >= 0.3 is 0 Å². The molecule has 6 nitrogen and oxygen atoms in total. The Morgan fingerprint density at radius 2 is 1.85 bits per heavy atom. The first-order valence-corrected chi connectivity index (χ1v) is 8.82. The van der Waals surface area contributed by atoms with Gasteiger partial charge < -0.3 is 20.5 Å². The molecule has 7 heteroatoms. The maximum absolute atomic E-state index is 6.00. The van der Waals surface area contributed by atoms with Crippen LogP contribution in [0.2, 0.25) is 0 Å². The van der Waals surface area contributed by atoms with Crippen molar-refractivity contribution in [1.29, 1.82) is 0 Å². The third kappa shape index (κ3) is 7.00. The van der Waals surface area contributed by atoms with Crippen LogP contribution in [-0.2, 0) is 17.8 Å². The molecule has 0 spiro atoms. The standard InChI is InChI=1S/C20H26N4O2.HI/c1-25-19-7-5-18(6-8-19)23-20(21)22-14-16-3-2-4-17(13-16)15-24-9-11-26-12-10-24;/h2-8,13H,9-12,14-15H2,1H3,(H3,21,22,23);1H. The first-order chi connectivity index (χ1) is 12.7. The number of hydrogen-bond acceptors (Lipinski definition) is 4. The number of methoxy groups -OCH3 is 1. The molecule has 1 aliphatic heterocycles. The normalized spacial score (nSPS) is 15.1. The first kappa shape index (κ1) is 21.5. The molecule has 2 aromatic rings. The molecular weight excluding hydrogens is 455 g/mol. The summed E-state index contributed by atoms with van der Waals surface area (Å²) in [7, 11) is 1.64. The molecule has 0 atom stereocenters. The first-order valence-electron chi connectivity index (χ1n) is 8.82. The topological polar surface area (TPSA) is 72.1 Å². The number of nitrogens with two attached hydrogens (primary N) is 1. The summed E-state index contributed by atoms with van der Waals surface area (Å²) in [5.74, 6) is 1.21. The van der Waals surface area contributed by atoms with Gasteiger partial charge in [0, 0.05) is 25.3 Å². The van der Waals surface area contributed by atoms with E-state index in [9.17, 15) is 0 Å². The lowest BCUT2D eigenvalue weighted by Gasteiger charge is -2.26. The second-order valence-corrected chi connectivity index (χ2v) is 6.26. The molecule has 3 N–H and O–H groups in total. The van der Waals surface area contributed by atoms with Gasteiger partial charge in [-0.1, -0.05) is 24.3 Å². The van der Waals surface area contributed by atoms with Gasteiger partial charge in [0.15, 0.2) is 5.96 Å². The largest absolute Gasteiger partial charge is 0.497 e. The number of morpholine rings is 1. The lowest BCUT2D eigenvalue weighted by molar-refractivity contribution is 0.0342. The Hall–Kier alpha value is -1.84. The molecule has 0 saturated carbocycles. The third-order valence-corrected chi connectivity index (χ3v) is 4.30. The van der Waals surface area contributed by atoms with Crippen molar-refractivity contribution in [3.8, 4) is 5.75 Å². The van der Waals surface area contributed by atoms with Gasteiger partial charge in [0.1, 0.15) is 5.75 Å². The van der Waals surface area contributed by atoms with E-state index in [1.807, 2.05) is 24.3 Å². The van der Waals surface area contributed by atoms with Crippen molar-refractivity contribution < 1.29 is 9.47 Å². The van der Waals surface area contributed by atoms with Crippen LogP contribution < -0.4 is 15.8 Å². The van der Waals surface area contributed by atoms with Gasteiger partial charge in [-0.15, -0.1) is 24.0 Å². The summed E-state index contributed by atoms with van der Waals surface area (Å²) in [6.45, 7) is 5.10. The van der Waals surface area contributed by atoms with Crippen molar-refractivity contribution in [3.05, 3.63) is 59.7 Å². The molecule has 3 rings (SSSR count). The minimum absolute atomic E-state index is 0. The van der Waals surface area contributed by atoms with E-state index >= 15 is 0 Å². The fourth-order valence-corrected chi connectivity index (χ4v) is 2.88. The zero-order valence-electron chi connectivity index (χ0n) is 15.6. The van der Waals surface area contributed by atoms with E-state index in [2.05, 4.69) is 39.5 Å². The van der Waals surface area contributed by atoms with Gasteiger partial charge in [-0.25, -0.2) is 4.99 Å². The van der Waals surface area contributed by atoms with E-state index in [0.717, 1.165) is 49.8 Å². The smallest absolute Gasteiger partial charge is 0.193 e. The van der Waals surface area contributed by atoms with Crippen LogP contribution in [0, 0.1) is 0 Å². The summed E-state index contributed by atoms with van der Waals surface area (Å²) in [5.41, 5.74) is 9.32. The van der Waals surface area contributed by atoms with Crippen molar-refractivity contribution in [1.82, 2.24) is 4.90 Å². The van der Waals surface area contributed by atoms with Gasteiger partial charge in [0.25, 0.3) is 0 Å². The van der Waals surface area contributed by atoms with Gasteiger partial charge in [0.2, 0.25) is 0 Å². The molecule has 0 amide bonds. The molecule has 0 bridgehead atoms. The number of nitrogens with one attached hydrogen (secondary N) is 1. The molecule has 1 aliphatic rings. The highest BCUT2D eigenvalue weighted by molar-refractivity contribution is 14.0. The predicted octanol–water partition coefficient (Wildman–Crippen LogP) is 3.07. The molecule has 1 saturated heterocycles. The summed E-state index contributed by atoms with van der Waals surface area (Å²) >= 11 is 0. The lowest BCUT2D eigenvalue weighted by Crippen LogP contribution is -2.35. The van der Waals surface area contributed by atoms with Gasteiger partial charge in [0.05, 0.1) is 26.9 Å². The summed E-state index contributed by atoms with van der Waals surface area (Å²) < 4.78 is 10.5. The molecule has 0 unspecified atom stereocenters. The van der Waals surface area contributed by atoms with Crippen LogP contribution in [-0.4, -0.2) is 44.3 Å². The third-order valence-electron chi connectivity index (χ3n) is 4.30. The fourth-order valence-electron chi connectivity index (χ4n) is 2.88. The number of anilines is 1. The number of aliphatic imine (C=N–C) groups is 1. The van der Waals surface area contributed by atoms with E-state index in [0.29, 0.717) is 12.5 Å². The van der Waals surface area contributed by atoms with Gasteiger partial charge in [-0.05, 0) is 35.4 Å². The number of hydrogen-bond donors (Lipinski definition) is 2. The van der Waals surface area contributed by atoms with Gasteiger partial charge in [-0.2, -0.15) is 0 Å². The van der Waals surface area contributed by atoms with Crippen LogP contribution >= 0.6 is 24.0 Å². The zero-order valence-corrected chi connectivity index (χ0v) is 17.9. The van der Waals surface area contributed by atoms with E-state index in [1.54, 1.807) is 7.11 Å². The number of halogens is 1. The Balaban J connectivity index is 0.00000261. The Morgan fingerprint density at radius 3 is 2.56 bits per heavy atom. The summed E-state index contributed by atoms with van der Waals surface area (Å²) in [6, 6.07) is 16.1. The van der Waals surface area contributed by atoms with Crippen molar-refractivity contribution in [3.63, 3.8) is 0 Å². The predicted molar refractivity (Wildman–Crippen MR) is 120 cm³/mol. The van der Waals surface area contributed by atoms with E-state index in [-0.39, 0.29) is 24.0 Å². The molecule has 1 fully saturated rings. The van der Waals surface area contributed by atoms with Crippen molar-refractivity contribution >= 4 is 35.6 Å². The highest BCUT2D eigenvalue weighted by Gasteiger charge is 2.10. The molecule has 0 radical (unpaired) electrons. The molecule has 0 aromatic heterocycles. The van der Waals surface area contributed by atoms with Crippen molar-refractivity contribution in [2.75, 3.05) is 38.7 Å². The fraction of sp³-hybridized carbons (Fsp3) is 0.350. The Labute approximate surface area is 177 Å². The zero-order chi connectivity index (χ0) is 18.2. The average molecular weight is 482 g/mol. The van der Waals surface area contributed by atoms with Crippen molar-refractivity contribution in [2.45, 2.75) is 13.1 Å². The van der Waals surface area contributed by atoms with Crippen LogP contribution in [0.4, 0.5) is 5.69 Å². The summed E-state index contributed by atoms with van der Waals surface area (Å²) in [5, 5.41) is 3.09. The minimum Gasteiger partial charge on any atom is -0.497 e. The quantitative estimate of drug-likeness (QED) is 0.376. The molecule has 146 valence electrons. The van der Waals surface area contributed by atoms with E-state index in [1.165, 1.54) is 5.56 Å². The van der Waals surface area contributed by atoms with E-state index < -0.39 is 0 Å². The molecule has 27 heavy (non-hydrogen) atoms. The number of guanidine groups is 1. The number of ether oxygens (including phenoxy) is 2. The Bertz CT molecular complexity index is 731. The SMILES string of the molecule is COc1ccc(NC(N)=NCc2cccc(CN3CCOCC3)c2)cc1.I. The second kappa shape index (κ2) is 11.1. The number of benzene rings is 2. The van der Waals surface area contributed by atoms with Crippen LogP contribution in [0.25, 0.3) is 0 Å². The highest BCUT2D eigenvalue weighted by Crippen LogP contribution is 2.15. The monoisotopic (exact) mass is 482 g/mol. The molecule has 2 aromatic carbocycles.